The summed E-state index contributed by atoms with van der Waals surface area (Å²) in [6, 6.07) is 0. The summed E-state index contributed by atoms with van der Waals surface area (Å²) < 4.78 is 6.06. The SMILES string of the molecule is CC(C)[Si](C)(OC(=O)C1CC2C=CC1C2)C(C)C. The first-order valence-electron chi connectivity index (χ1n) is 7.25. The molecule has 1 fully saturated rings. The highest BCUT2D eigenvalue weighted by atomic mass is 28.4. The summed E-state index contributed by atoms with van der Waals surface area (Å²) in [6.45, 7) is 11.0. The van der Waals surface area contributed by atoms with Crippen LogP contribution < -0.4 is 0 Å². The van der Waals surface area contributed by atoms with Crippen molar-refractivity contribution in [3.05, 3.63) is 12.2 Å². The van der Waals surface area contributed by atoms with Gasteiger partial charge in [0.1, 0.15) is 0 Å². The van der Waals surface area contributed by atoms with Gasteiger partial charge in [0.2, 0.25) is 0 Å². The summed E-state index contributed by atoms with van der Waals surface area (Å²) in [7, 11) is -1.94. The molecule has 0 aromatic heterocycles. The molecule has 2 bridgehead atoms. The molecule has 3 unspecified atom stereocenters. The van der Waals surface area contributed by atoms with Gasteiger partial charge in [-0.1, -0.05) is 39.8 Å². The van der Waals surface area contributed by atoms with Gasteiger partial charge in [0.05, 0.1) is 5.92 Å². The van der Waals surface area contributed by atoms with Gasteiger partial charge in [-0.05, 0) is 42.3 Å². The lowest BCUT2D eigenvalue weighted by atomic mass is 9.94. The van der Waals surface area contributed by atoms with Crippen molar-refractivity contribution in [3.63, 3.8) is 0 Å². The van der Waals surface area contributed by atoms with Crippen molar-refractivity contribution in [2.24, 2.45) is 17.8 Å². The molecule has 2 aliphatic carbocycles. The zero-order valence-electron chi connectivity index (χ0n) is 12.3. The fourth-order valence-corrected chi connectivity index (χ4v) is 5.64. The first-order chi connectivity index (χ1) is 8.34. The van der Waals surface area contributed by atoms with Crippen LogP contribution in [0.3, 0.4) is 0 Å². The van der Waals surface area contributed by atoms with E-state index in [0.717, 1.165) is 6.42 Å². The topological polar surface area (TPSA) is 26.3 Å². The Morgan fingerprint density at radius 2 is 1.78 bits per heavy atom. The molecule has 1 saturated carbocycles. The number of allylic oxidation sites excluding steroid dienone is 2. The second-order valence-corrected chi connectivity index (χ2v) is 11.7. The number of carbonyl (C=O) groups excluding carboxylic acids is 1. The second kappa shape index (κ2) is 4.84. The zero-order valence-corrected chi connectivity index (χ0v) is 13.3. The van der Waals surface area contributed by atoms with Gasteiger partial charge >= 0.3 is 0 Å². The third-order valence-electron chi connectivity index (χ3n) is 5.19. The van der Waals surface area contributed by atoms with E-state index in [1.165, 1.54) is 6.42 Å². The first kappa shape index (κ1) is 13.8. The highest BCUT2D eigenvalue weighted by Gasteiger charge is 2.46. The molecule has 3 atom stereocenters. The van der Waals surface area contributed by atoms with Gasteiger partial charge in [-0.25, -0.2) is 0 Å². The molecule has 0 aromatic rings. The zero-order chi connectivity index (χ0) is 13.5. The van der Waals surface area contributed by atoms with Gasteiger partial charge in [-0.2, -0.15) is 0 Å². The molecule has 0 aliphatic heterocycles. The fraction of sp³-hybridized carbons (Fsp3) is 0.800. The van der Waals surface area contributed by atoms with Crippen LogP contribution in [0.15, 0.2) is 12.2 Å². The van der Waals surface area contributed by atoms with Crippen molar-refractivity contribution in [2.45, 2.75) is 58.2 Å². The molecule has 18 heavy (non-hydrogen) atoms. The predicted molar refractivity (Wildman–Crippen MR) is 76.8 cm³/mol. The van der Waals surface area contributed by atoms with Gasteiger partial charge in [-0.15, -0.1) is 0 Å². The summed E-state index contributed by atoms with van der Waals surface area (Å²) in [6.07, 6.45) is 6.68. The normalized spacial score (nSPS) is 30.5. The highest BCUT2D eigenvalue weighted by Crippen LogP contribution is 2.45. The van der Waals surface area contributed by atoms with Crippen LogP contribution >= 0.6 is 0 Å². The number of fused-ring (bicyclic) bond motifs is 2. The van der Waals surface area contributed by atoms with Gasteiger partial charge in [0, 0.05) is 0 Å². The van der Waals surface area contributed by atoms with Crippen LogP contribution in [0.25, 0.3) is 0 Å². The Hall–Kier alpha value is -0.573. The minimum atomic E-state index is -1.94. The number of rotatable bonds is 4. The van der Waals surface area contributed by atoms with E-state index in [2.05, 4.69) is 46.4 Å². The van der Waals surface area contributed by atoms with Crippen molar-refractivity contribution in [3.8, 4) is 0 Å². The van der Waals surface area contributed by atoms with Crippen LogP contribution in [0.5, 0.6) is 0 Å². The van der Waals surface area contributed by atoms with E-state index in [9.17, 15) is 4.79 Å². The van der Waals surface area contributed by atoms with E-state index in [4.69, 9.17) is 4.43 Å². The molecule has 2 rings (SSSR count). The average molecular weight is 266 g/mol. The molecule has 2 nitrogen and oxygen atoms in total. The van der Waals surface area contributed by atoms with E-state index in [0.29, 0.717) is 22.9 Å². The Morgan fingerprint density at radius 1 is 1.17 bits per heavy atom. The lowest BCUT2D eigenvalue weighted by Gasteiger charge is -2.36. The Kier molecular flexibility index (Phi) is 3.72. The Bertz CT molecular complexity index is 352. The van der Waals surface area contributed by atoms with E-state index in [1.807, 2.05) is 0 Å². The molecule has 0 radical (unpaired) electrons. The van der Waals surface area contributed by atoms with Gasteiger partial charge in [-0.3, -0.25) is 4.79 Å². The highest BCUT2D eigenvalue weighted by molar-refractivity contribution is 6.76. The Morgan fingerprint density at radius 3 is 2.17 bits per heavy atom. The van der Waals surface area contributed by atoms with Gasteiger partial charge < -0.3 is 4.43 Å². The average Bonchev–Trinajstić information content (AvgIpc) is 2.89. The lowest BCUT2D eigenvalue weighted by Crippen LogP contribution is -2.45. The van der Waals surface area contributed by atoms with Crippen LogP contribution in [0.4, 0.5) is 0 Å². The van der Waals surface area contributed by atoms with Crippen LogP contribution in [0, 0.1) is 17.8 Å². The largest absolute Gasteiger partial charge is 0.519 e. The molecule has 0 spiro atoms. The quantitative estimate of drug-likeness (QED) is 0.565. The van der Waals surface area contributed by atoms with Gasteiger partial charge in [0.25, 0.3) is 14.3 Å². The van der Waals surface area contributed by atoms with Gasteiger partial charge in [0.15, 0.2) is 0 Å². The number of hydrogen-bond acceptors (Lipinski definition) is 2. The molecule has 0 N–H and O–H groups in total. The third-order valence-corrected chi connectivity index (χ3v) is 10.4. The summed E-state index contributed by atoms with van der Waals surface area (Å²) in [5, 5.41) is 0. The Labute approximate surface area is 112 Å². The molecule has 0 heterocycles. The maximum absolute atomic E-state index is 12.4. The van der Waals surface area contributed by atoms with Crippen molar-refractivity contribution in [1.82, 2.24) is 0 Å². The molecule has 0 saturated heterocycles. The van der Waals surface area contributed by atoms with Crippen LogP contribution in [0.1, 0.15) is 40.5 Å². The van der Waals surface area contributed by atoms with E-state index in [-0.39, 0.29) is 11.9 Å². The smallest absolute Gasteiger partial charge is 0.296 e. The van der Waals surface area contributed by atoms with Crippen LogP contribution in [0.2, 0.25) is 17.6 Å². The molecular weight excluding hydrogens is 240 g/mol. The molecule has 0 amide bonds. The summed E-state index contributed by atoms with van der Waals surface area (Å²) in [5.74, 6) is 1.33. The minimum Gasteiger partial charge on any atom is -0.519 e. The van der Waals surface area contributed by atoms with Crippen molar-refractivity contribution in [2.75, 3.05) is 0 Å². The van der Waals surface area contributed by atoms with Crippen molar-refractivity contribution in [1.29, 1.82) is 0 Å². The third kappa shape index (κ3) is 2.29. The predicted octanol–water partition coefficient (Wildman–Crippen LogP) is 4.14. The molecule has 3 heteroatoms. The standard InChI is InChI=1S/C15H26O2Si/c1-10(2)18(5,11(3)4)17-15(16)14-9-12-6-7-13(14)8-12/h6-7,10-14H,8-9H2,1-5H3. The number of carbonyl (C=O) groups is 1. The molecular formula is C15H26O2Si. The van der Waals surface area contributed by atoms with Crippen LogP contribution in [-0.4, -0.2) is 14.3 Å². The first-order valence-corrected chi connectivity index (χ1v) is 9.82. The minimum absolute atomic E-state index is 0.0865. The fourth-order valence-electron chi connectivity index (χ4n) is 3.25. The monoisotopic (exact) mass is 266 g/mol. The molecule has 102 valence electrons. The molecule has 2 aliphatic rings. The maximum Gasteiger partial charge on any atom is 0.296 e. The lowest BCUT2D eigenvalue weighted by molar-refractivity contribution is -0.140. The summed E-state index contributed by atoms with van der Waals surface area (Å²) in [4.78, 5) is 12.4. The summed E-state index contributed by atoms with van der Waals surface area (Å²) in [5.41, 5.74) is 0.964. The second-order valence-electron chi connectivity index (χ2n) is 6.80. The van der Waals surface area contributed by atoms with Crippen LogP contribution in [-0.2, 0) is 9.22 Å². The number of hydrogen-bond donors (Lipinski definition) is 0. The van der Waals surface area contributed by atoms with E-state index < -0.39 is 8.32 Å². The van der Waals surface area contributed by atoms with E-state index in [1.54, 1.807) is 0 Å². The Balaban J connectivity index is 2.04. The summed E-state index contributed by atoms with van der Waals surface area (Å²) >= 11 is 0. The van der Waals surface area contributed by atoms with E-state index >= 15 is 0 Å². The van der Waals surface area contributed by atoms with Crippen molar-refractivity contribution >= 4 is 14.3 Å². The molecule has 0 aromatic carbocycles. The van der Waals surface area contributed by atoms with Crippen molar-refractivity contribution < 1.29 is 9.22 Å². The maximum atomic E-state index is 12.4.